The number of nitrogens with one attached hydrogen (secondary N) is 1. The van der Waals surface area contributed by atoms with E-state index in [4.69, 9.17) is 4.74 Å². The third-order valence-corrected chi connectivity index (χ3v) is 8.18. The molecule has 2 aliphatic heterocycles. The Morgan fingerprint density at radius 1 is 0.884 bits per heavy atom. The Labute approximate surface area is 249 Å². The lowest BCUT2D eigenvalue weighted by atomic mass is 9.96. The van der Waals surface area contributed by atoms with Crippen LogP contribution in [-0.4, -0.2) is 64.3 Å². The van der Waals surface area contributed by atoms with E-state index < -0.39 is 12.2 Å². The van der Waals surface area contributed by atoms with Crippen LogP contribution in [0.2, 0.25) is 0 Å². The van der Waals surface area contributed by atoms with Crippen LogP contribution in [0.1, 0.15) is 23.1 Å². The minimum Gasteiger partial charge on any atom is -0.429 e. The summed E-state index contributed by atoms with van der Waals surface area (Å²) >= 11 is 0. The van der Waals surface area contributed by atoms with E-state index in [1.165, 1.54) is 0 Å². The Balaban J connectivity index is 1.31. The van der Waals surface area contributed by atoms with Crippen LogP contribution in [0, 0.1) is 0 Å². The van der Waals surface area contributed by atoms with Gasteiger partial charge in [0.2, 0.25) is 11.8 Å². The summed E-state index contributed by atoms with van der Waals surface area (Å²) in [4.78, 5) is 57.0. The van der Waals surface area contributed by atoms with Gasteiger partial charge in [-0.25, -0.2) is 4.79 Å². The summed E-state index contributed by atoms with van der Waals surface area (Å²) in [6, 6.07) is 29.5. The number of amides is 4. The first-order valence-electron chi connectivity index (χ1n) is 14.4. The fourth-order valence-electron chi connectivity index (χ4n) is 6.05. The fraction of sp³-hybridized carbons (Fsp3) is 0.235. The molecule has 4 aromatic rings. The molecule has 0 spiro atoms. The molecule has 9 heteroatoms. The second kappa shape index (κ2) is 12.4. The van der Waals surface area contributed by atoms with Crippen LogP contribution in [0.25, 0.3) is 10.8 Å². The zero-order valence-electron chi connectivity index (χ0n) is 23.6. The molecule has 2 saturated heterocycles. The van der Waals surface area contributed by atoms with Gasteiger partial charge >= 0.3 is 6.03 Å². The largest absolute Gasteiger partial charge is 0.429 e. The highest BCUT2D eigenvalue weighted by atomic mass is 16.5. The molecule has 2 heterocycles. The number of ether oxygens (including phenoxy) is 1. The van der Waals surface area contributed by atoms with Crippen LogP contribution in [0.4, 0.5) is 4.79 Å². The Bertz CT molecular complexity index is 1640. The maximum atomic E-state index is 14.2. The van der Waals surface area contributed by atoms with Crippen molar-refractivity contribution in [1.29, 1.82) is 0 Å². The van der Waals surface area contributed by atoms with Crippen LogP contribution in [0.15, 0.2) is 97.1 Å². The van der Waals surface area contributed by atoms with E-state index in [-0.39, 0.29) is 43.8 Å². The molecule has 0 saturated carbocycles. The first-order chi connectivity index (χ1) is 21.0. The van der Waals surface area contributed by atoms with Crippen LogP contribution in [0.5, 0.6) is 5.75 Å². The predicted molar refractivity (Wildman–Crippen MR) is 161 cm³/mol. The van der Waals surface area contributed by atoms with Gasteiger partial charge in [0.15, 0.2) is 0 Å². The summed E-state index contributed by atoms with van der Waals surface area (Å²) < 4.78 is 4.92. The molecule has 0 aliphatic carbocycles. The van der Waals surface area contributed by atoms with Crippen LogP contribution in [-0.2, 0) is 33.9 Å². The molecule has 0 aromatic heterocycles. The van der Waals surface area contributed by atoms with E-state index in [0.29, 0.717) is 25.3 Å². The lowest BCUT2D eigenvalue weighted by Gasteiger charge is -2.52. The third-order valence-electron chi connectivity index (χ3n) is 8.18. The number of fused-ring (bicyclic) bond motifs is 2. The third kappa shape index (κ3) is 5.92. The number of hydrogen-bond donors (Lipinski definition) is 1. The quantitative estimate of drug-likeness (QED) is 0.319. The molecule has 2 fully saturated rings. The van der Waals surface area contributed by atoms with Crippen molar-refractivity contribution >= 4 is 35.1 Å². The molecular weight excluding hydrogens is 544 g/mol. The van der Waals surface area contributed by atoms with Gasteiger partial charge in [-0.05, 0) is 39.6 Å². The fourth-order valence-corrected chi connectivity index (χ4v) is 6.05. The molecule has 2 aliphatic rings. The number of benzene rings is 4. The van der Waals surface area contributed by atoms with E-state index in [2.05, 4.69) is 5.32 Å². The van der Waals surface area contributed by atoms with Gasteiger partial charge in [0, 0.05) is 32.5 Å². The van der Waals surface area contributed by atoms with E-state index >= 15 is 0 Å². The summed E-state index contributed by atoms with van der Waals surface area (Å²) in [6.07, 6.45) is -0.227. The Hall–Kier alpha value is -5.18. The van der Waals surface area contributed by atoms with Crippen molar-refractivity contribution in [1.82, 2.24) is 20.0 Å². The van der Waals surface area contributed by atoms with Crippen LogP contribution in [0.3, 0.4) is 0 Å². The molecule has 0 unspecified atom stereocenters. The van der Waals surface area contributed by atoms with E-state index in [1.807, 2.05) is 72.8 Å². The summed E-state index contributed by atoms with van der Waals surface area (Å²) in [5, 5.41) is 5.14. The maximum Gasteiger partial charge on any atom is 0.319 e. The molecule has 0 bridgehead atoms. The summed E-state index contributed by atoms with van der Waals surface area (Å²) in [5.74, 6) is 0.0676. The zero-order chi connectivity index (χ0) is 29.8. The van der Waals surface area contributed by atoms with Crippen molar-refractivity contribution in [2.75, 3.05) is 13.1 Å². The highest BCUT2D eigenvalue weighted by molar-refractivity contribution is 5.92. The standard InChI is InChI=1S/C34H32N4O5/c39-23-43-28-15-13-24(14-16-28)19-30-33(41)36(21-27-11-6-10-26-9-4-5-12-29(26)27)22-31-37(18-17-32(40)38(30)31)34(42)35-20-25-7-2-1-3-8-25/h1-16,23,30-31H,17-22H2,(H,35,42)/t30-,31+/m0/s1. The highest BCUT2D eigenvalue weighted by Crippen LogP contribution is 2.30. The van der Waals surface area contributed by atoms with Crippen molar-refractivity contribution in [2.45, 2.75) is 38.1 Å². The molecule has 9 nitrogen and oxygen atoms in total. The number of hydrogen-bond acceptors (Lipinski definition) is 5. The van der Waals surface area contributed by atoms with Gasteiger partial charge in [-0.15, -0.1) is 0 Å². The van der Waals surface area contributed by atoms with Crippen LogP contribution < -0.4 is 10.1 Å². The SMILES string of the molecule is O=COc1ccc(C[C@H]2C(=O)N(Cc3cccc4ccccc34)C[C@@H]3N(C(=O)NCc4ccccc4)CCC(=O)N32)cc1. The molecule has 4 amide bonds. The average molecular weight is 577 g/mol. The predicted octanol–water partition coefficient (Wildman–Crippen LogP) is 4.10. The van der Waals surface area contributed by atoms with Crippen molar-refractivity contribution in [3.05, 3.63) is 114 Å². The van der Waals surface area contributed by atoms with Crippen molar-refractivity contribution in [3.8, 4) is 5.75 Å². The Morgan fingerprint density at radius 3 is 2.42 bits per heavy atom. The van der Waals surface area contributed by atoms with E-state index in [0.717, 1.165) is 27.5 Å². The Morgan fingerprint density at radius 2 is 1.63 bits per heavy atom. The summed E-state index contributed by atoms with van der Waals surface area (Å²) in [6.45, 7) is 1.53. The topological polar surface area (TPSA) is 99.3 Å². The summed E-state index contributed by atoms with van der Waals surface area (Å²) in [7, 11) is 0. The van der Waals surface area contributed by atoms with Gasteiger partial charge in [-0.3, -0.25) is 14.4 Å². The zero-order valence-corrected chi connectivity index (χ0v) is 23.6. The van der Waals surface area contributed by atoms with E-state index in [9.17, 15) is 19.2 Å². The molecule has 6 rings (SSSR count). The minimum atomic E-state index is -0.802. The smallest absolute Gasteiger partial charge is 0.319 e. The number of carbonyl (C=O) groups is 4. The lowest BCUT2D eigenvalue weighted by molar-refractivity contribution is -0.167. The monoisotopic (exact) mass is 576 g/mol. The molecule has 4 aromatic carbocycles. The van der Waals surface area contributed by atoms with Crippen LogP contribution >= 0.6 is 0 Å². The second-order valence-corrected chi connectivity index (χ2v) is 10.8. The summed E-state index contributed by atoms with van der Waals surface area (Å²) in [5.41, 5.74) is 2.77. The van der Waals surface area contributed by atoms with Gasteiger partial charge in [-0.2, -0.15) is 0 Å². The second-order valence-electron chi connectivity index (χ2n) is 10.8. The normalized spacial score (nSPS) is 18.4. The van der Waals surface area contributed by atoms with Gasteiger partial charge in [-0.1, -0.05) is 84.9 Å². The number of urea groups is 1. The first kappa shape index (κ1) is 28.0. The highest BCUT2D eigenvalue weighted by Gasteiger charge is 2.48. The van der Waals surface area contributed by atoms with Gasteiger partial charge in [0.25, 0.3) is 6.47 Å². The molecule has 0 radical (unpaired) electrons. The van der Waals surface area contributed by atoms with Crippen molar-refractivity contribution in [2.24, 2.45) is 0 Å². The average Bonchev–Trinajstić information content (AvgIpc) is 3.03. The van der Waals surface area contributed by atoms with Gasteiger partial charge in [0.05, 0.1) is 6.54 Å². The molecular formula is C34H32N4O5. The van der Waals surface area contributed by atoms with Crippen molar-refractivity contribution in [3.63, 3.8) is 0 Å². The van der Waals surface area contributed by atoms with Gasteiger partial charge in [0.1, 0.15) is 18.0 Å². The lowest BCUT2D eigenvalue weighted by Crippen LogP contribution is -2.72. The van der Waals surface area contributed by atoms with Gasteiger partial charge < -0.3 is 24.8 Å². The number of piperazine rings is 1. The van der Waals surface area contributed by atoms with E-state index in [1.54, 1.807) is 39.0 Å². The molecule has 43 heavy (non-hydrogen) atoms. The first-order valence-corrected chi connectivity index (χ1v) is 14.4. The molecule has 218 valence electrons. The Kier molecular flexibility index (Phi) is 8.04. The number of nitrogens with zero attached hydrogens (tertiary/aromatic N) is 3. The molecule has 1 N–H and O–H groups in total. The number of rotatable bonds is 8. The van der Waals surface area contributed by atoms with Crippen molar-refractivity contribution < 1.29 is 23.9 Å². The molecule has 2 atom stereocenters. The maximum absolute atomic E-state index is 14.2. The minimum absolute atomic E-state index is 0.133. The number of carbonyl (C=O) groups excluding carboxylic acids is 4.